The molecule has 2 aromatic rings. The van der Waals surface area contributed by atoms with Crippen molar-refractivity contribution in [2.45, 2.75) is 83.1 Å². The fraction of sp³-hybridized carbons (Fsp3) is 0.583. The Bertz CT molecular complexity index is 985. The Kier molecular flexibility index (Phi) is 7.32. The summed E-state index contributed by atoms with van der Waals surface area (Å²) in [6.07, 6.45) is 5.54. The molecule has 1 aromatic carbocycles. The van der Waals surface area contributed by atoms with E-state index >= 15 is 0 Å². The first-order valence-corrected chi connectivity index (χ1v) is 11.2. The summed E-state index contributed by atoms with van der Waals surface area (Å²) in [6, 6.07) is 8.61. The first-order valence-electron chi connectivity index (χ1n) is 11.2. The quantitative estimate of drug-likeness (QED) is 0.554. The maximum absolute atomic E-state index is 12.1. The number of carboxylic acids is 1. The van der Waals surface area contributed by atoms with Crippen molar-refractivity contribution in [3.63, 3.8) is 0 Å². The smallest absolute Gasteiger partial charge is 0.305 e. The van der Waals surface area contributed by atoms with Gasteiger partial charge in [0.1, 0.15) is 0 Å². The zero-order chi connectivity index (χ0) is 22.4. The van der Waals surface area contributed by atoms with Gasteiger partial charge in [0, 0.05) is 18.2 Å². The van der Waals surface area contributed by atoms with E-state index in [1.807, 2.05) is 25.1 Å². The van der Waals surface area contributed by atoms with Gasteiger partial charge in [-0.05, 0) is 50.7 Å². The van der Waals surface area contributed by atoms with Crippen molar-refractivity contribution < 1.29 is 19.4 Å². The Morgan fingerprint density at radius 2 is 1.97 bits per heavy atom. The van der Waals surface area contributed by atoms with Crippen LogP contribution in [0.3, 0.4) is 0 Å². The molecule has 0 saturated heterocycles. The molecule has 1 aromatic heterocycles. The van der Waals surface area contributed by atoms with E-state index < -0.39 is 11.4 Å². The summed E-state index contributed by atoms with van der Waals surface area (Å²) in [6.45, 7) is 4.06. The molecule has 1 atom stereocenters. The lowest BCUT2D eigenvalue weighted by Gasteiger charge is -2.27. The Balaban J connectivity index is 2.12. The summed E-state index contributed by atoms with van der Waals surface area (Å²) in [5, 5.41) is 25.5. The number of ether oxygens (including phenoxy) is 1. The SMILES string of the molecule is CCOC(=O)CCC(C#N)(CCC(=O)O)c1cccc2c1c(CC)nn2C1CCCC1. The van der Waals surface area contributed by atoms with Crippen LogP contribution in [0.15, 0.2) is 18.2 Å². The lowest BCUT2D eigenvalue weighted by molar-refractivity contribution is -0.143. The molecule has 1 unspecified atom stereocenters. The number of rotatable bonds is 10. The van der Waals surface area contributed by atoms with Crippen molar-refractivity contribution in [3.05, 3.63) is 29.5 Å². The topological polar surface area (TPSA) is 105 Å². The zero-order valence-electron chi connectivity index (χ0n) is 18.4. The largest absolute Gasteiger partial charge is 0.481 e. The van der Waals surface area contributed by atoms with Crippen LogP contribution in [0, 0.1) is 11.3 Å². The van der Waals surface area contributed by atoms with Gasteiger partial charge in [-0.2, -0.15) is 10.4 Å². The fourth-order valence-electron chi connectivity index (χ4n) is 4.78. The average Bonchev–Trinajstić information content (AvgIpc) is 3.42. The monoisotopic (exact) mass is 425 g/mol. The Morgan fingerprint density at radius 1 is 1.26 bits per heavy atom. The molecule has 1 aliphatic rings. The lowest BCUT2D eigenvalue weighted by atomic mass is 9.73. The van der Waals surface area contributed by atoms with E-state index in [4.69, 9.17) is 9.84 Å². The van der Waals surface area contributed by atoms with E-state index in [1.54, 1.807) is 6.92 Å². The first-order chi connectivity index (χ1) is 15.0. The molecule has 0 bridgehead atoms. The Hall–Kier alpha value is -2.88. The van der Waals surface area contributed by atoms with Crippen LogP contribution in [0.25, 0.3) is 10.9 Å². The molecule has 31 heavy (non-hydrogen) atoms. The molecule has 1 N–H and O–H groups in total. The number of esters is 1. The van der Waals surface area contributed by atoms with Crippen molar-refractivity contribution >= 4 is 22.8 Å². The van der Waals surface area contributed by atoms with Gasteiger partial charge in [-0.1, -0.05) is 31.9 Å². The summed E-state index contributed by atoms with van der Waals surface area (Å²) in [5.41, 5.74) is 1.59. The summed E-state index contributed by atoms with van der Waals surface area (Å²) in [4.78, 5) is 23.5. The highest BCUT2D eigenvalue weighted by Crippen LogP contribution is 2.41. The molecule has 1 fully saturated rings. The third-order valence-corrected chi connectivity index (χ3v) is 6.37. The average molecular weight is 426 g/mol. The molecular formula is C24H31N3O4. The van der Waals surface area contributed by atoms with Crippen LogP contribution < -0.4 is 0 Å². The maximum atomic E-state index is 12.1. The van der Waals surface area contributed by atoms with E-state index in [-0.39, 0.29) is 38.3 Å². The predicted octanol–water partition coefficient (Wildman–Crippen LogP) is 4.68. The van der Waals surface area contributed by atoms with E-state index in [0.717, 1.165) is 35.0 Å². The van der Waals surface area contributed by atoms with Crippen LogP contribution >= 0.6 is 0 Å². The van der Waals surface area contributed by atoms with Crippen LogP contribution in [0.2, 0.25) is 0 Å². The molecule has 0 radical (unpaired) electrons. The highest BCUT2D eigenvalue weighted by atomic mass is 16.5. The molecule has 0 amide bonds. The van der Waals surface area contributed by atoms with Gasteiger partial charge in [0.15, 0.2) is 0 Å². The van der Waals surface area contributed by atoms with Crippen LogP contribution in [0.1, 0.15) is 82.5 Å². The number of aryl methyl sites for hydroxylation is 1. The normalized spacial score (nSPS) is 16.2. The van der Waals surface area contributed by atoms with E-state index in [0.29, 0.717) is 12.5 Å². The molecule has 1 aliphatic carbocycles. The molecule has 1 saturated carbocycles. The van der Waals surface area contributed by atoms with Crippen molar-refractivity contribution in [1.82, 2.24) is 9.78 Å². The summed E-state index contributed by atoms with van der Waals surface area (Å²) in [5.74, 6) is -1.33. The number of benzene rings is 1. The van der Waals surface area contributed by atoms with Crippen molar-refractivity contribution in [2.24, 2.45) is 0 Å². The van der Waals surface area contributed by atoms with Gasteiger partial charge in [0.05, 0.1) is 35.3 Å². The van der Waals surface area contributed by atoms with E-state index in [1.165, 1.54) is 12.8 Å². The molecule has 7 heteroatoms. The van der Waals surface area contributed by atoms with Gasteiger partial charge >= 0.3 is 11.9 Å². The van der Waals surface area contributed by atoms with Gasteiger partial charge in [-0.25, -0.2) is 0 Å². The lowest BCUT2D eigenvalue weighted by Crippen LogP contribution is -2.27. The number of aliphatic carboxylic acids is 1. The molecule has 3 rings (SSSR count). The summed E-state index contributed by atoms with van der Waals surface area (Å²) < 4.78 is 7.17. The molecule has 166 valence electrons. The number of hydrogen-bond donors (Lipinski definition) is 1. The minimum atomic E-state index is -1.10. The Morgan fingerprint density at radius 3 is 2.58 bits per heavy atom. The first kappa shape index (κ1) is 22.8. The Labute approximate surface area is 183 Å². The van der Waals surface area contributed by atoms with Gasteiger partial charge < -0.3 is 9.84 Å². The second-order valence-corrected chi connectivity index (χ2v) is 8.28. The molecule has 7 nitrogen and oxygen atoms in total. The van der Waals surface area contributed by atoms with Crippen LogP contribution in [-0.4, -0.2) is 33.4 Å². The second-order valence-electron chi connectivity index (χ2n) is 8.28. The van der Waals surface area contributed by atoms with Crippen LogP contribution in [-0.2, 0) is 26.2 Å². The highest BCUT2D eigenvalue weighted by Gasteiger charge is 2.37. The fourth-order valence-corrected chi connectivity index (χ4v) is 4.78. The molecule has 0 spiro atoms. The van der Waals surface area contributed by atoms with Crippen molar-refractivity contribution in [3.8, 4) is 6.07 Å². The van der Waals surface area contributed by atoms with Gasteiger partial charge in [0.2, 0.25) is 0 Å². The van der Waals surface area contributed by atoms with Crippen molar-refractivity contribution in [2.75, 3.05) is 6.61 Å². The van der Waals surface area contributed by atoms with Gasteiger partial charge in [-0.3, -0.25) is 14.3 Å². The van der Waals surface area contributed by atoms with Crippen LogP contribution in [0.5, 0.6) is 0 Å². The number of hydrogen-bond acceptors (Lipinski definition) is 5. The third kappa shape index (κ3) is 4.73. The van der Waals surface area contributed by atoms with Crippen LogP contribution in [0.4, 0.5) is 0 Å². The predicted molar refractivity (Wildman–Crippen MR) is 117 cm³/mol. The van der Waals surface area contributed by atoms with Gasteiger partial charge in [-0.15, -0.1) is 0 Å². The molecular weight excluding hydrogens is 394 g/mol. The standard InChI is InChI=1S/C24H31N3O4/c1-3-19-23-18(10-7-11-20(23)27(26-19)17-8-5-6-9-17)24(16-25,14-12-21(28)29)15-13-22(30)31-4-2/h7,10-11,17H,3-6,8-9,12-15H2,1-2H3,(H,28,29). The maximum Gasteiger partial charge on any atom is 0.305 e. The number of carbonyl (C=O) groups excluding carboxylic acids is 1. The van der Waals surface area contributed by atoms with E-state index in [9.17, 15) is 20.0 Å². The minimum absolute atomic E-state index is 0.0651. The third-order valence-electron chi connectivity index (χ3n) is 6.37. The number of carbonyl (C=O) groups is 2. The molecule has 1 heterocycles. The number of aromatic nitrogens is 2. The molecule has 0 aliphatic heterocycles. The number of nitrogens with zero attached hydrogens (tertiary/aromatic N) is 3. The highest BCUT2D eigenvalue weighted by molar-refractivity contribution is 5.87. The number of nitriles is 1. The second kappa shape index (κ2) is 9.95. The van der Waals surface area contributed by atoms with Crippen molar-refractivity contribution in [1.29, 1.82) is 5.26 Å². The minimum Gasteiger partial charge on any atom is -0.481 e. The number of fused-ring (bicyclic) bond motifs is 1. The van der Waals surface area contributed by atoms with E-state index in [2.05, 4.69) is 10.8 Å². The summed E-state index contributed by atoms with van der Waals surface area (Å²) >= 11 is 0. The summed E-state index contributed by atoms with van der Waals surface area (Å²) in [7, 11) is 0. The van der Waals surface area contributed by atoms with Gasteiger partial charge in [0.25, 0.3) is 0 Å². The zero-order valence-corrected chi connectivity index (χ0v) is 18.4. The number of carboxylic acid groups (broad SMARTS) is 1.